The van der Waals surface area contributed by atoms with Gasteiger partial charge in [-0.25, -0.2) is 0 Å². The van der Waals surface area contributed by atoms with Crippen LogP contribution in [0, 0.1) is 5.92 Å². The Balaban J connectivity index is 1.66. The van der Waals surface area contributed by atoms with E-state index in [1.165, 1.54) is 45.4 Å². The molecule has 0 radical (unpaired) electrons. The molecule has 2 aliphatic heterocycles. The van der Waals surface area contributed by atoms with Gasteiger partial charge in [-0.05, 0) is 55.3 Å². The van der Waals surface area contributed by atoms with Crippen molar-refractivity contribution < 1.29 is 0 Å². The largest absolute Gasteiger partial charge is 0.329 e. The number of hydrogen-bond acceptors (Lipinski definition) is 4. The van der Waals surface area contributed by atoms with E-state index in [9.17, 15) is 0 Å². The second-order valence-corrected chi connectivity index (χ2v) is 8.16. The minimum Gasteiger partial charge on any atom is -0.329 e. The summed E-state index contributed by atoms with van der Waals surface area (Å²) >= 11 is 1.92. The summed E-state index contributed by atoms with van der Waals surface area (Å²) < 4.78 is 0. The van der Waals surface area contributed by atoms with Crippen LogP contribution in [0.2, 0.25) is 0 Å². The third-order valence-electron chi connectivity index (χ3n) is 5.27. The number of thiophene rings is 1. The van der Waals surface area contributed by atoms with Gasteiger partial charge in [0.1, 0.15) is 0 Å². The number of piperidine rings is 1. The molecule has 3 rings (SSSR count). The molecule has 118 valence electrons. The lowest BCUT2D eigenvalue weighted by Gasteiger charge is -2.50. The van der Waals surface area contributed by atoms with Gasteiger partial charge in [0.2, 0.25) is 0 Å². The molecule has 0 unspecified atom stereocenters. The highest BCUT2D eigenvalue weighted by molar-refractivity contribution is 7.10. The summed E-state index contributed by atoms with van der Waals surface area (Å²) in [5.74, 6) is 0.763. The Hall–Kier alpha value is -0.420. The lowest BCUT2D eigenvalue weighted by molar-refractivity contribution is 0.0148. The number of nitrogens with zero attached hydrogens (tertiary/aromatic N) is 2. The van der Waals surface area contributed by atoms with Crippen molar-refractivity contribution >= 4 is 11.3 Å². The fraction of sp³-hybridized carbons (Fsp3) is 0.765. The first-order valence-electron chi connectivity index (χ1n) is 8.36. The van der Waals surface area contributed by atoms with E-state index in [0.29, 0.717) is 0 Å². The zero-order chi connectivity index (χ0) is 14.9. The predicted molar refractivity (Wildman–Crippen MR) is 90.7 cm³/mol. The topological polar surface area (TPSA) is 32.5 Å². The van der Waals surface area contributed by atoms with Gasteiger partial charge >= 0.3 is 0 Å². The Morgan fingerprint density at radius 2 is 2.05 bits per heavy atom. The summed E-state index contributed by atoms with van der Waals surface area (Å²) in [6.45, 7) is 11.4. The molecule has 0 amide bonds. The van der Waals surface area contributed by atoms with Crippen molar-refractivity contribution in [3.8, 4) is 0 Å². The van der Waals surface area contributed by atoms with E-state index in [1.807, 2.05) is 11.3 Å². The van der Waals surface area contributed by atoms with E-state index >= 15 is 0 Å². The average Bonchev–Trinajstić information content (AvgIpc) is 2.95. The van der Waals surface area contributed by atoms with E-state index in [1.54, 1.807) is 10.4 Å². The summed E-state index contributed by atoms with van der Waals surface area (Å²) in [6, 6.07) is 2.31. The van der Waals surface area contributed by atoms with Gasteiger partial charge in [-0.1, -0.05) is 13.8 Å². The molecule has 0 aliphatic carbocycles. The van der Waals surface area contributed by atoms with Crippen LogP contribution >= 0.6 is 11.3 Å². The molecule has 1 fully saturated rings. The third-order valence-corrected chi connectivity index (χ3v) is 6.29. The normalized spacial score (nSPS) is 23.4. The van der Waals surface area contributed by atoms with Gasteiger partial charge in [-0.15, -0.1) is 11.3 Å². The summed E-state index contributed by atoms with van der Waals surface area (Å²) in [5, 5.41) is 2.24. The molecule has 0 saturated carbocycles. The highest BCUT2D eigenvalue weighted by atomic mass is 32.1. The van der Waals surface area contributed by atoms with Crippen LogP contribution in [0.3, 0.4) is 0 Å². The fourth-order valence-corrected chi connectivity index (χ4v) is 4.86. The lowest BCUT2D eigenvalue weighted by Crippen LogP contribution is -2.60. The summed E-state index contributed by atoms with van der Waals surface area (Å²) in [7, 11) is 0. The van der Waals surface area contributed by atoms with E-state index in [2.05, 4.69) is 35.1 Å². The van der Waals surface area contributed by atoms with Crippen LogP contribution in [0.1, 0.15) is 37.1 Å². The van der Waals surface area contributed by atoms with Crippen LogP contribution in [0.4, 0.5) is 0 Å². The second-order valence-electron chi connectivity index (χ2n) is 7.16. The predicted octanol–water partition coefficient (Wildman–Crippen LogP) is 2.56. The monoisotopic (exact) mass is 307 g/mol. The molecule has 0 bridgehead atoms. The van der Waals surface area contributed by atoms with Crippen LogP contribution in [0.15, 0.2) is 11.4 Å². The van der Waals surface area contributed by atoms with Crippen molar-refractivity contribution in [1.29, 1.82) is 0 Å². The molecule has 3 heterocycles. The van der Waals surface area contributed by atoms with Crippen molar-refractivity contribution in [3.63, 3.8) is 0 Å². The molecule has 1 aromatic rings. The van der Waals surface area contributed by atoms with Gasteiger partial charge in [0.05, 0.1) is 0 Å². The van der Waals surface area contributed by atoms with Crippen molar-refractivity contribution in [2.45, 2.75) is 45.2 Å². The summed E-state index contributed by atoms with van der Waals surface area (Å²) in [6.07, 6.45) is 3.68. The lowest BCUT2D eigenvalue weighted by atomic mass is 9.84. The van der Waals surface area contributed by atoms with Gasteiger partial charge in [0, 0.05) is 36.6 Å². The molecule has 1 saturated heterocycles. The summed E-state index contributed by atoms with van der Waals surface area (Å²) in [5.41, 5.74) is 8.04. The SMILES string of the molecule is CC(C)CN1CCC(CN)(N2CCc3sccc3C2)CC1. The number of fused-ring (bicyclic) bond motifs is 1. The van der Waals surface area contributed by atoms with Gasteiger partial charge in [-0.3, -0.25) is 4.90 Å². The maximum absolute atomic E-state index is 6.25. The molecule has 4 heteroatoms. The standard InChI is InChI=1S/C17H29N3S/c1-14(2)11-19-8-5-17(13-18,6-9-19)20-7-3-16-15(12-20)4-10-21-16/h4,10,14H,3,5-9,11-13,18H2,1-2H3. The molecule has 0 atom stereocenters. The fourth-order valence-electron chi connectivity index (χ4n) is 3.97. The minimum atomic E-state index is 0.243. The first-order valence-corrected chi connectivity index (χ1v) is 9.24. The van der Waals surface area contributed by atoms with Gasteiger partial charge in [-0.2, -0.15) is 0 Å². The van der Waals surface area contributed by atoms with Crippen molar-refractivity contribution in [3.05, 3.63) is 21.9 Å². The second kappa shape index (κ2) is 6.37. The smallest absolute Gasteiger partial charge is 0.0359 e. The van der Waals surface area contributed by atoms with Crippen LogP contribution in [-0.2, 0) is 13.0 Å². The molecule has 21 heavy (non-hydrogen) atoms. The van der Waals surface area contributed by atoms with E-state index in [-0.39, 0.29) is 5.54 Å². The minimum absolute atomic E-state index is 0.243. The number of hydrogen-bond donors (Lipinski definition) is 1. The zero-order valence-electron chi connectivity index (χ0n) is 13.5. The van der Waals surface area contributed by atoms with Gasteiger partial charge < -0.3 is 10.6 Å². The Labute approximate surface area is 133 Å². The van der Waals surface area contributed by atoms with E-state index in [4.69, 9.17) is 5.73 Å². The molecule has 1 aromatic heterocycles. The van der Waals surface area contributed by atoms with Gasteiger partial charge in [0.25, 0.3) is 0 Å². The number of likely N-dealkylation sites (tertiary alicyclic amines) is 1. The maximum atomic E-state index is 6.25. The molecule has 2 aliphatic rings. The summed E-state index contributed by atoms with van der Waals surface area (Å²) in [4.78, 5) is 6.91. The Morgan fingerprint density at radius 3 is 2.71 bits per heavy atom. The van der Waals surface area contributed by atoms with E-state index < -0.39 is 0 Å². The number of nitrogens with two attached hydrogens (primary N) is 1. The maximum Gasteiger partial charge on any atom is 0.0359 e. The van der Waals surface area contributed by atoms with Crippen molar-refractivity contribution in [2.75, 3.05) is 32.7 Å². The third kappa shape index (κ3) is 3.19. The van der Waals surface area contributed by atoms with Crippen LogP contribution in [-0.4, -0.2) is 48.1 Å². The molecule has 2 N–H and O–H groups in total. The molecule has 0 aromatic carbocycles. The molecular weight excluding hydrogens is 278 g/mol. The Kier molecular flexibility index (Phi) is 4.69. The quantitative estimate of drug-likeness (QED) is 0.928. The first-order chi connectivity index (χ1) is 10.1. The Morgan fingerprint density at radius 1 is 1.29 bits per heavy atom. The molecule has 0 spiro atoms. The van der Waals surface area contributed by atoms with Gasteiger partial charge in [0.15, 0.2) is 0 Å². The molecule has 3 nitrogen and oxygen atoms in total. The van der Waals surface area contributed by atoms with Crippen LogP contribution in [0.5, 0.6) is 0 Å². The molecular formula is C17H29N3S. The zero-order valence-corrected chi connectivity index (χ0v) is 14.3. The van der Waals surface area contributed by atoms with E-state index in [0.717, 1.165) is 19.0 Å². The number of rotatable bonds is 4. The van der Waals surface area contributed by atoms with Crippen molar-refractivity contribution in [2.24, 2.45) is 11.7 Å². The van der Waals surface area contributed by atoms with Crippen LogP contribution < -0.4 is 5.73 Å². The van der Waals surface area contributed by atoms with Crippen molar-refractivity contribution in [1.82, 2.24) is 9.80 Å². The first kappa shape index (κ1) is 15.5. The average molecular weight is 308 g/mol. The Bertz CT molecular complexity index is 460. The highest BCUT2D eigenvalue weighted by Gasteiger charge is 2.40. The highest BCUT2D eigenvalue weighted by Crippen LogP contribution is 2.34. The van der Waals surface area contributed by atoms with Crippen LogP contribution in [0.25, 0.3) is 0 Å².